The van der Waals surface area contributed by atoms with Crippen LogP contribution in [0.3, 0.4) is 0 Å². The first kappa shape index (κ1) is 28.2. The Bertz CT molecular complexity index is 1650. The van der Waals surface area contributed by atoms with Gasteiger partial charge in [0.1, 0.15) is 23.0 Å². The zero-order chi connectivity index (χ0) is 30.3. The predicted octanol–water partition coefficient (Wildman–Crippen LogP) is 6.64. The van der Waals surface area contributed by atoms with E-state index in [1.165, 1.54) is 12.1 Å². The second-order valence-electron chi connectivity index (χ2n) is 9.40. The average molecular weight is 575 g/mol. The van der Waals surface area contributed by atoms with Gasteiger partial charge in [0.2, 0.25) is 0 Å². The van der Waals surface area contributed by atoms with Crippen LogP contribution in [-0.4, -0.2) is 22.9 Å². The van der Waals surface area contributed by atoms with Crippen LogP contribution in [-0.2, 0) is 0 Å². The van der Waals surface area contributed by atoms with Crippen molar-refractivity contribution in [3.63, 3.8) is 0 Å². The fourth-order valence-corrected chi connectivity index (χ4v) is 3.97. The van der Waals surface area contributed by atoms with Crippen LogP contribution in [0.4, 0.5) is 22.7 Å². The maximum absolute atomic E-state index is 12.4. The number of nitrogens with one attached hydrogen (secondary N) is 2. The van der Waals surface area contributed by atoms with Crippen molar-refractivity contribution in [2.45, 2.75) is 0 Å². The van der Waals surface area contributed by atoms with E-state index < -0.39 is 5.97 Å². The summed E-state index contributed by atoms with van der Waals surface area (Å²) in [4.78, 5) is 36.7. The molecule has 0 heterocycles. The lowest BCUT2D eigenvalue weighted by Gasteiger charge is -2.12. The van der Waals surface area contributed by atoms with E-state index in [0.29, 0.717) is 45.4 Å². The molecule has 0 radical (unpaired) electrons. The predicted molar refractivity (Wildman–Crippen MR) is 164 cm³/mol. The van der Waals surface area contributed by atoms with E-state index in [0.717, 1.165) is 0 Å². The second-order valence-corrected chi connectivity index (χ2v) is 9.40. The molecule has 0 saturated heterocycles. The fraction of sp³-hybridized carbons (Fsp3) is 0. The number of anilines is 4. The lowest BCUT2D eigenvalue weighted by Crippen LogP contribution is -2.11. The molecule has 10 heteroatoms. The summed E-state index contributed by atoms with van der Waals surface area (Å²) in [5.41, 5.74) is 14.5. The van der Waals surface area contributed by atoms with Crippen LogP contribution in [0.5, 0.6) is 23.0 Å². The Morgan fingerprint density at radius 1 is 0.488 bits per heavy atom. The van der Waals surface area contributed by atoms with Crippen LogP contribution >= 0.6 is 0 Å². The van der Waals surface area contributed by atoms with Gasteiger partial charge in [-0.1, -0.05) is 0 Å². The highest BCUT2D eigenvalue weighted by Gasteiger charge is 2.12. The summed E-state index contributed by atoms with van der Waals surface area (Å²) in [6, 6.07) is 30.6. The summed E-state index contributed by atoms with van der Waals surface area (Å²) in [7, 11) is 0. The standard InChI is InChI=1S/C33H26N4O6/c34-23-5-1-20(2-6-23)31(38)36-25-9-13-27(14-10-25)42-29-17-22(33(40)41)18-30(19-29)43-28-15-11-26(12-16-28)37-32(39)21-3-7-24(35)8-4-21/h1-19H,34-35H2,(H,36,38)(H,37,39)(H,40,41). The van der Waals surface area contributed by atoms with Gasteiger partial charge < -0.3 is 36.7 Å². The molecule has 5 aromatic carbocycles. The quantitative estimate of drug-likeness (QED) is 0.122. The van der Waals surface area contributed by atoms with E-state index in [1.54, 1.807) is 103 Å². The highest BCUT2D eigenvalue weighted by atomic mass is 16.5. The molecule has 0 bridgehead atoms. The van der Waals surface area contributed by atoms with Crippen LogP contribution < -0.4 is 31.6 Å². The summed E-state index contributed by atoms with van der Waals surface area (Å²) in [6.45, 7) is 0. The molecule has 0 unspecified atom stereocenters. The monoisotopic (exact) mass is 574 g/mol. The Labute approximate surface area is 246 Å². The van der Waals surface area contributed by atoms with Crippen LogP contribution in [0, 0.1) is 0 Å². The molecule has 0 aliphatic heterocycles. The Morgan fingerprint density at radius 3 is 1.21 bits per heavy atom. The molecule has 5 rings (SSSR count). The number of ether oxygens (including phenoxy) is 2. The molecule has 0 aliphatic rings. The van der Waals surface area contributed by atoms with E-state index in [4.69, 9.17) is 20.9 Å². The van der Waals surface area contributed by atoms with Crippen molar-refractivity contribution >= 4 is 40.5 Å². The van der Waals surface area contributed by atoms with Crippen LogP contribution in [0.15, 0.2) is 115 Å². The maximum atomic E-state index is 12.4. The van der Waals surface area contributed by atoms with Crippen molar-refractivity contribution in [3.8, 4) is 23.0 Å². The summed E-state index contributed by atoms with van der Waals surface area (Å²) in [5, 5.41) is 15.2. The largest absolute Gasteiger partial charge is 0.478 e. The van der Waals surface area contributed by atoms with Crippen molar-refractivity contribution in [1.82, 2.24) is 0 Å². The number of hydrogen-bond donors (Lipinski definition) is 5. The van der Waals surface area contributed by atoms with Gasteiger partial charge in [-0.3, -0.25) is 9.59 Å². The molecule has 0 aliphatic carbocycles. The van der Waals surface area contributed by atoms with E-state index >= 15 is 0 Å². The number of nitrogen functional groups attached to an aromatic ring is 2. The highest BCUT2D eigenvalue weighted by molar-refractivity contribution is 6.05. The molecule has 214 valence electrons. The molecular formula is C33H26N4O6. The van der Waals surface area contributed by atoms with Gasteiger partial charge >= 0.3 is 5.97 Å². The van der Waals surface area contributed by atoms with Crippen LogP contribution in [0.2, 0.25) is 0 Å². The Morgan fingerprint density at radius 2 is 0.860 bits per heavy atom. The fourth-order valence-electron chi connectivity index (χ4n) is 3.97. The first-order chi connectivity index (χ1) is 20.7. The second kappa shape index (κ2) is 12.5. The number of carboxylic acid groups (broad SMARTS) is 1. The molecule has 5 aromatic rings. The number of carbonyl (C=O) groups is 3. The van der Waals surface area contributed by atoms with Crippen molar-refractivity contribution in [1.29, 1.82) is 0 Å². The third-order valence-electron chi connectivity index (χ3n) is 6.17. The molecule has 0 saturated carbocycles. The topological polar surface area (TPSA) is 166 Å². The molecule has 0 fully saturated rings. The average Bonchev–Trinajstić information content (AvgIpc) is 2.99. The number of rotatable bonds is 9. The maximum Gasteiger partial charge on any atom is 0.335 e. The normalized spacial score (nSPS) is 10.4. The number of aromatic carboxylic acids is 1. The van der Waals surface area contributed by atoms with E-state index in [2.05, 4.69) is 10.6 Å². The lowest BCUT2D eigenvalue weighted by molar-refractivity contribution is 0.0695. The summed E-state index contributed by atoms with van der Waals surface area (Å²) >= 11 is 0. The van der Waals surface area contributed by atoms with Gasteiger partial charge in [0, 0.05) is 39.9 Å². The smallest absolute Gasteiger partial charge is 0.335 e. The van der Waals surface area contributed by atoms with Gasteiger partial charge in [-0.05, 0) is 109 Å². The summed E-state index contributed by atoms with van der Waals surface area (Å²) in [5.74, 6) is -0.428. The first-order valence-electron chi connectivity index (χ1n) is 13.0. The SMILES string of the molecule is Nc1ccc(C(=O)Nc2ccc(Oc3cc(Oc4ccc(NC(=O)c5ccc(N)cc5)cc4)cc(C(=O)O)c3)cc2)cc1. The molecule has 0 spiro atoms. The molecule has 0 atom stereocenters. The van der Waals surface area contributed by atoms with Gasteiger partial charge in [-0.25, -0.2) is 4.79 Å². The minimum Gasteiger partial charge on any atom is -0.478 e. The van der Waals surface area contributed by atoms with Crippen LogP contribution in [0.1, 0.15) is 31.1 Å². The summed E-state index contributed by atoms with van der Waals surface area (Å²) < 4.78 is 11.8. The van der Waals surface area contributed by atoms with Crippen molar-refractivity contribution in [3.05, 3.63) is 132 Å². The number of carboxylic acids is 1. The number of carbonyl (C=O) groups excluding carboxylic acids is 2. The van der Waals surface area contributed by atoms with Gasteiger partial charge in [0.05, 0.1) is 5.56 Å². The van der Waals surface area contributed by atoms with E-state index in [1.807, 2.05) is 0 Å². The number of hydrogen-bond acceptors (Lipinski definition) is 7. The zero-order valence-electron chi connectivity index (χ0n) is 22.6. The lowest BCUT2D eigenvalue weighted by atomic mass is 10.2. The van der Waals surface area contributed by atoms with Crippen molar-refractivity contribution in [2.75, 3.05) is 22.1 Å². The number of amides is 2. The molecule has 2 amide bonds. The van der Waals surface area contributed by atoms with Gasteiger partial charge in [0.15, 0.2) is 0 Å². The van der Waals surface area contributed by atoms with Crippen LogP contribution in [0.25, 0.3) is 0 Å². The van der Waals surface area contributed by atoms with E-state index in [9.17, 15) is 19.5 Å². The molecule has 43 heavy (non-hydrogen) atoms. The highest BCUT2D eigenvalue weighted by Crippen LogP contribution is 2.31. The molecule has 7 N–H and O–H groups in total. The van der Waals surface area contributed by atoms with Crippen molar-refractivity contribution < 1.29 is 29.0 Å². The Hall–Kier alpha value is -6.29. The molecule has 10 nitrogen and oxygen atoms in total. The minimum atomic E-state index is -1.16. The van der Waals surface area contributed by atoms with Gasteiger partial charge in [-0.15, -0.1) is 0 Å². The minimum absolute atomic E-state index is 0.0349. The molecule has 0 aromatic heterocycles. The van der Waals surface area contributed by atoms with Crippen molar-refractivity contribution in [2.24, 2.45) is 0 Å². The van der Waals surface area contributed by atoms with Gasteiger partial charge in [-0.2, -0.15) is 0 Å². The Balaban J connectivity index is 1.24. The third kappa shape index (κ3) is 7.47. The number of benzene rings is 5. The first-order valence-corrected chi connectivity index (χ1v) is 13.0. The third-order valence-corrected chi connectivity index (χ3v) is 6.17. The summed E-state index contributed by atoms with van der Waals surface area (Å²) in [6.07, 6.45) is 0. The van der Waals surface area contributed by atoms with E-state index in [-0.39, 0.29) is 28.9 Å². The molecular weight excluding hydrogens is 548 g/mol. The Kier molecular flexibility index (Phi) is 8.20. The zero-order valence-corrected chi connectivity index (χ0v) is 22.6. The number of nitrogens with two attached hydrogens (primary N) is 2. The van der Waals surface area contributed by atoms with Gasteiger partial charge in [0.25, 0.3) is 11.8 Å².